The highest BCUT2D eigenvalue weighted by Crippen LogP contribution is 2.58. The highest BCUT2D eigenvalue weighted by molar-refractivity contribution is 9.10. The molecule has 6 atom stereocenters. The second-order valence-corrected chi connectivity index (χ2v) is 37.1. The Kier molecular flexibility index (Phi) is 30.2. The Morgan fingerprint density at radius 1 is 0.430 bits per heavy atom. The van der Waals surface area contributed by atoms with Gasteiger partial charge in [-0.1, -0.05) is 189 Å². The molecule has 3 aromatic heterocycles. The lowest BCUT2D eigenvalue weighted by Gasteiger charge is -2.43. The lowest BCUT2D eigenvalue weighted by Crippen LogP contribution is -2.57. The van der Waals surface area contributed by atoms with Crippen molar-refractivity contribution >= 4 is 165 Å². The Labute approximate surface area is 781 Å². The van der Waals surface area contributed by atoms with Crippen molar-refractivity contribution in [2.24, 2.45) is 16.2 Å². The van der Waals surface area contributed by atoms with E-state index in [0.717, 1.165) is 87.9 Å². The van der Waals surface area contributed by atoms with Crippen molar-refractivity contribution in [1.82, 2.24) is 75.0 Å². The summed E-state index contributed by atoms with van der Waals surface area (Å²) in [6.07, 6.45) is 14.8. The lowest BCUT2D eigenvalue weighted by atomic mass is 9.71. The number of rotatable bonds is 23. The molecule has 0 unspecified atom stereocenters. The first-order valence-electron chi connectivity index (χ1n) is 43.6. The normalized spacial score (nSPS) is 20.8. The fraction of sp³-hybridized carbons (Fsp3) is 0.371. The highest BCUT2D eigenvalue weighted by Gasteiger charge is 2.62. The van der Waals surface area contributed by atoms with E-state index < -0.39 is 40.2 Å². The maximum atomic E-state index is 15.0. The molecular formula is C97H106Br2Cl4FN15O9. The van der Waals surface area contributed by atoms with E-state index in [4.69, 9.17) is 46.4 Å². The Hall–Kier alpha value is -10.7. The number of H-pyrrole nitrogens is 3. The van der Waals surface area contributed by atoms with Gasteiger partial charge in [0.25, 0.3) is 0 Å². The van der Waals surface area contributed by atoms with Gasteiger partial charge in [0, 0.05) is 229 Å². The topological polar surface area (TPSA) is 266 Å². The molecule has 128 heavy (non-hydrogen) atoms. The van der Waals surface area contributed by atoms with Gasteiger partial charge in [-0.25, -0.2) is 18.8 Å². The van der Waals surface area contributed by atoms with Crippen LogP contribution in [-0.2, 0) is 54.8 Å². The van der Waals surface area contributed by atoms with Crippen LogP contribution in [0.15, 0.2) is 204 Å². The molecule has 0 radical (unpaired) electrons. The Morgan fingerprint density at radius 3 is 1.14 bits per heavy atom. The number of allylic oxidation sites excluding steroid dienone is 3. The third-order valence-electron chi connectivity index (χ3n) is 25.4. The van der Waals surface area contributed by atoms with E-state index in [9.17, 15) is 47.5 Å². The number of unbranched alkanes of at least 4 members (excludes halogenated alkanes) is 1. The summed E-state index contributed by atoms with van der Waals surface area (Å²) in [6.45, 7) is 19.1. The quantitative estimate of drug-likeness (QED) is 0.0332. The number of nitrogens with one attached hydrogen (secondary N) is 6. The molecule has 16 rings (SSSR count). The molecule has 6 saturated heterocycles. The predicted molar refractivity (Wildman–Crippen MR) is 506 cm³/mol. The van der Waals surface area contributed by atoms with Gasteiger partial charge in [-0.05, 0) is 142 Å². The summed E-state index contributed by atoms with van der Waals surface area (Å²) in [5.41, 5.74) is 5.28. The molecule has 672 valence electrons. The summed E-state index contributed by atoms with van der Waals surface area (Å²) in [5.74, 6) is -1.16. The monoisotopic (exact) mass is 1940 g/mol. The Balaban J connectivity index is 0.000000156. The van der Waals surface area contributed by atoms with E-state index in [-0.39, 0.29) is 84.4 Å². The van der Waals surface area contributed by atoms with Crippen molar-refractivity contribution in [2.45, 2.75) is 117 Å². The average molecular weight is 1950 g/mol. The molecule has 0 saturated carbocycles. The summed E-state index contributed by atoms with van der Waals surface area (Å²) in [5, 5.41) is 13.0. The van der Waals surface area contributed by atoms with Gasteiger partial charge < -0.3 is 75.0 Å². The number of amides is 12. The summed E-state index contributed by atoms with van der Waals surface area (Å²) >= 11 is 31.9. The number of urea groups is 3. The number of hydrogen-bond donors (Lipinski definition) is 6. The standard InChI is InChI=1S/C34H34Cl2FN5O3.C33H39BrClN5O3.C30H33BrClN5O3/c1-2-38-33(45)41-14-12-40(13-15-41)32(44)34(18-22-6-4-3-5-7-22)19-30(43)42(21-23-8-11-27(36)28(37)16-23)31(34)26-20-39-29-17-24(35)9-10-25(26)29;1-3-5-6-7-14-33(31(42)38-15-17-39(18-16-38)32(43)36-4-2)20-29(41)40(22-23-8-10-24(34)11-9-23)30(33)27-21-37-28-19-25(35)12-13-26(27)28;1-3-11-30(28(39)35-12-14-36(15-13-35)29(40)33-4-2)17-26(38)37(19-20-5-7-21(31)8-6-20)27(30)24-18-34-25-16-22(32)9-10-23(24)25/h3-11,16-17,20,31,39H,2,12-15,18-19,21H2,1H3,(H,38,45);6-13,19,21,30,37H,3-5,14-18,20,22H2,1-2H3,(H,36,43);3,5-10,16,18,27,34H,1,4,11-15,17,19H2,2H3,(H,33,40)/b;7-6+;/t31-,34+;30-,33+;27-,30+/m000/s1. The number of carbonyl (C=O) groups is 9. The summed E-state index contributed by atoms with van der Waals surface area (Å²) in [4.78, 5) is 150. The van der Waals surface area contributed by atoms with Gasteiger partial charge in [-0.15, -0.1) is 6.58 Å². The Morgan fingerprint density at radius 2 is 0.773 bits per heavy atom. The van der Waals surface area contributed by atoms with Gasteiger partial charge in [-0.3, -0.25) is 28.8 Å². The number of piperazine rings is 3. The molecule has 10 aromatic rings. The lowest BCUT2D eigenvalue weighted by molar-refractivity contribution is -0.146. The molecule has 6 fully saturated rings. The molecule has 7 aromatic carbocycles. The van der Waals surface area contributed by atoms with Crippen LogP contribution in [0.4, 0.5) is 18.8 Å². The average Bonchev–Trinajstić information content (AvgIpc) is 1.57. The minimum Gasteiger partial charge on any atom is -0.361 e. The summed E-state index contributed by atoms with van der Waals surface area (Å²) < 4.78 is 16.5. The van der Waals surface area contributed by atoms with Crippen LogP contribution in [-0.4, -0.2) is 211 Å². The van der Waals surface area contributed by atoms with Gasteiger partial charge in [0.1, 0.15) is 5.82 Å². The van der Waals surface area contributed by atoms with Gasteiger partial charge in [-0.2, -0.15) is 0 Å². The van der Waals surface area contributed by atoms with Crippen LogP contribution in [0.25, 0.3) is 32.7 Å². The minimum atomic E-state index is -1.19. The highest BCUT2D eigenvalue weighted by atomic mass is 79.9. The Bertz CT molecular complexity index is 5780. The number of aromatic nitrogens is 3. The largest absolute Gasteiger partial charge is 0.361 e. The number of benzene rings is 7. The summed E-state index contributed by atoms with van der Waals surface area (Å²) in [6, 6.07) is 44.8. The van der Waals surface area contributed by atoms with Crippen LogP contribution in [0.2, 0.25) is 20.1 Å². The molecule has 31 heteroatoms. The molecule has 6 N–H and O–H groups in total. The van der Waals surface area contributed by atoms with Crippen molar-refractivity contribution in [3.63, 3.8) is 0 Å². The smallest absolute Gasteiger partial charge is 0.317 e. The molecule has 0 bridgehead atoms. The van der Waals surface area contributed by atoms with Crippen molar-refractivity contribution in [3.8, 4) is 0 Å². The third kappa shape index (κ3) is 20.0. The van der Waals surface area contributed by atoms with E-state index in [1.165, 1.54) is 12.1 Å². The van der Waals surface area contributed by atoms with Gasteiger partial charge in [0.15, 0.2) is 0 Å². The molecule has 0 aliphatic carbocycles. The molecule has 6 aliphatic rings. The van der Waals surface area contributed by atoms with Crippen LogP contribution in [0, 0.1) is 22.1 Å². The molecule has 6 aliphatic heterocycles. The molecule has 9 heterocycles. The fourth-order valence-corrected chi connectivity index (χ4v) is 20.5. The van der Waals surface area contributed by atoms with E-state index in [1.54, 1.807) is 42.7 Å². The van der Waals surface area contributed by atoms with E-state index in [0.29, 0.717) is 151 Å². The molecule has 0 spiro atoms. The van der Waals surface area contributed by atoms with Crippen LogP contribution in [0.1, 0.15) is 130 Å². The second kappa shape index (κ2) is 41.4. The SMILES string of the molecule is C=CC[C@@]1(C(=O)N2CCN(C(=O)NCC)CC2)CC(=O)N(Cc2ccc(Br)cc2)[C@H]1c1c[nH]c2cc(Cl)ccc12.CCC/C=C/C[C@@]1(C(=O)N2CCN(C(=O)NCC)CC2)CC(=O)N(Cc2ccc(Br)cc2)[C@H]1c1c[nH]c2cc(Cl)ccc12.CCNC(=O)N1CCN(C(=O)[C@]2(Cc3ccccc3)CC(=O)N(Cc3ccc(Cl)c(F)c3)[C@H]2c2c[nH]c3cc(Cl)ccc23)CC1. The number of fused-ring (bicyclic) bond motifs is 3. The molecule has 12 amide bonds. The van der Waals surface area contributed by atoms with Crippen molar-refractivity contribution in [1.29, 1.82) is 0 Å². The zero-order valence-corrected chi connectivity index (χ0v) is 78.3. The van der Waals surface area contributed by atoms with Gasteiger partial charge in [0.05, 0.1) is 39.4 Å². The number of carbonyl (C=O) groups excluding carboxylic acids is 9. The van der Waals surface area contributed by atoms with Crippen LogP contribution < -0.4 is 16.0 Å². The number of hydrogen-bond acceptors (Lipinski definition) is 9. The number of nitrogens with zero attached hydrogens (tertiary/aromatic N) is 9. The first kappa shape index (κ1) is 93.5. The molecule has 24 nitrogen and oxygen atoms in total. The van der Waals surface area contributed by atoms with Gasteiger partial charge in [0.2, 0.25) is 35.4 Å². The maximum absolute atomic E-state index is 15.0. The van der Waals surface area contributed by atoms with E-state index in [1.807, 2.05) is 186 Å². The zero-order valence-electron chi connectivity index (χ0n) is 72.1. The first-order valence-corrected chi connectivity index (χ1v) is 46.7. The zero-order chi connectivity index (χ0) is 90.7. The summed E-state index contributed by atoms with van der Waals surface area (Å²) in [7, 11) is 0. The minimum absolute atomic E-state index is 0.00285. The van der Waals surface area contributed by atoms with Gasteiger partial charge >= 0.3 is 18.1 Å². The van der Waals surface area contributed by atoms with E-state index in [2.05, 4.69) is 88.4 Å². The van der Waals surface area contributed by atoms with Crippen molar-refractivity contribution < 1.29 is 47.5 Å². The van der Waals surface area contributed by atoms with Crippen molar-refractivity contribution in [2.75, 3.05) is 98.2 Å². The molecular weight excluding hydrogens is 1840 g/mol. The maximum Gasteiger partial charge on any atom is 0.317 e. The third-order valence-corrected chi connectivity index (χ3v) is 27.5. The second-order valence-electron chi connectivity index (χ2n) is 33.5. The van der Waals surface area contributed by atoms with Crippen molar-refractivity contribution in [3.05, 3.63) is 269 Å². The van der Waals surface area contributed by atoms with Crippen LogP contribution in [0.3, 0.4) is 0 Å². The first-order chi connectivity index (χ1) is 61.7. The van der Waals surface area contributed by atoms with E-state index >= 15 is 0 Å². The fourth-order valence-electron chi connectivity index (χ4n) is 19.3. The number of likely N-dealkylation sites (tertiary alicyclic amines) is 3. The van der Waals surface area contributed by atoms with Crippen LogP contribution >= 0.6 is 78.3 Å². The predicted octanol–water partition coefficient (Wildman–Crippen LogP) is 18.3. The van der Waals surface area contributed by atoms with Crippen LogP contribution in [0.5, 0.6) is 0 Å². The number of aromatic amines is 3. The number of halogens is 7.